The number of pyridine rings is 1. The van der Waals surface area contributed by atoms with E-state index in [0.717, 1.165) is 10.9 Å². The first-order valence-electron chi connectivity index (χ1n) is 4.60. The summed E-state index contributed by atoms with van der Waals surface area (Å²) >= 11 is 12.0. The second-order valence-corrected chi connectivity index (χ2v) is 4.37. The molecule has 2 aromatic rings. The topological polar surface area (TPSA) is 62.8 Å². The highest BCUT2D eigenvalue weighted by Gasteiger charge is 2.09. The molecule has 82 valence electrons. The van der Waals surface area contributed by atoms with Crippen LogP contribution in [0.1, 0.15) is 11.3 Å². The first-order valence-corrected chi connectivity index (χ1v) is 5.35. The lowest BCUT2D eigenvalue weighted by atomic mass is 10.1. The summed E-state index contributed by atoms with van der Waals surface area (Å²) in [6, 6.07) is 5.17. The number of nitrogen functional groups attached to an aromatic ring is 1. The molecule has 0 fully saturated rings. The van der Waals surface area contributed by atoms with Crippen molar-refractivity contribution < 1.29 is 0 Å². The molecule has 0 amide bonds. The molecule has 2 rings (SSSR count). The van der Waals surface area contributed by atoms with Crippen LogP contribution in [-0.4, -0.2) is 10.8 Å². The van der Waals surface area contributed by atoms with E-state index >= 15 is 0 Å². The van der Waals surface area contributed by atoms with Gasteiger partial charge in [-0.2, -0.15) is 0 Å². The van der Waals surface area contributed by atoms with Crippen LogP contribution in [0.15, 0.2) is 18.2 Å². The van der Waals surface area contributed by atoms with Crippen molar-refractivity contribution in [1.29, 1.82) is 5.41 Å². The molecule has 0 saturated carbocycles. The molecule has 0 aliphatic heterocycles. The summed E-state index contributed by atoms with van der Waals surface area (Å²) in [4.78, 5) is 4.24. The molecule has 0 spiro atoms. The van der Waals surface area contributed by atoms with Gasteiger partial charge in [0.1, 0.15) is 11.5 Å². The number of nitrogens with zero attached hydrogens (tertiary/aromatic N) is 1. The van der Waals surface area contributed by atoms with E-state index in [2.05, 4.69) is 4.98 Å². The van der Waals surface area contributed by atoms with E-state index in [1.165, 1.54) is 0 Å². The molecule has 0 atom stereocenters. The van der Waals surface area contributed by atoms with Crippen molar-refractivity contribution in [2.45, 2.75) is 6.92 Å². The molecule has 1 aromatic carbocycles. The summed E-state index contributed by atoms with van der Waals surface area (Å²) in [7, 11) is 0. The first-order chi connectivity index (χ1) is 7.49. The lowest BCUT2D eigenvalue weighted by molar-refractivity contribution is 1.28. The maximum atomic E-state index is 7.37. The molecular formula is C11H9Cl2N3. The van der Waals surface area contributed by atoms with Gasteiger partial charge < -0.3 is 5.73 Å². The fraction of sp³-hybridized carbons (Fsp3) is 0.0909. The highest BCUT2D eigenvalue weighted by Crippen LogP contribution is 2.28. The number of rotatable bonds is 1. The van der Waals surface area contributed by atoms with E-state index in [9.17, 15) is 0 Å². The number of amidine groups is 1. The van der Waals surface area contributed by atoms with Crippen LogP contribution in [0.5, 0.6) is 0 Å². The predicted molar refractivity (Wildman–Crippen MR) is 67.5 cm³/mol. The van der Waals surface area contributed by atoms with Crippen LogP contribution in [0.2, 0.25) is 10.0 Å². The van der Waals surface area contributed by atoms with Gasteiger partial charge in [-0.1, -0.05) is 23.2 Å². The fourth-order valence-electron chi connectivity index (χ4n) is 1.55. The van der Waals surface area contributed by atoms with Crippen LogP contribution in [0.4, 0.5) is 0 Å². The molecule has 16 heavy (non-hydrogen) atoms. The quantitative estimate of drug-likeness (QED) is 0.606. The molecule has 5 heteroatoms. The van der Waals surface area contributed by atoms with E-state index < -0.39 is 0 Å². The minimum atomic E-state index is -0.0731. The molecule has 0 radical (unpaired) electrons. The zero-order chi connectivity index (χ0) is 11.9. The SMILES string of the molecule is Cc1cc(C(=N)N)nc2c(Cl)cc(Cl)cc12. The van der Waals surface area contributed by atoms with Crippen molar-refractivity contribution in [3.63, 3.8) is 0 Å². The Bertz CT molecular complexity index is 593. The molecule has 1 aromatic heterocycles. The van der Waals surface area contributed by atoms with Crippen LogP contribution in [0.25, 0.3) is 10.9 Å². The second kappa shape index (κ2) is 3.92. The van der Waals surface area contributed by atoms with Crippen LogP contribution in [0, 0.1) is 12.3 Å². The number of fused-ring (bicyclic) bond motifs is 1. The van der Waals surface area contributed by atoms with Crippen molar-refractivity contribution in [3.8, 4) is 0 Å². The summed E-state index contributed by atoms with van der Waals surface area (Å²) in [6.45, 7) is 1.91. The van der Waals surface area contributed by atoms with Gasteiger partial charge in [0, 0.05) is 10.4 Å². The molecule has 3 nitrogen and oxygen atoms in total. The van der Waals surface area contributed by atoms with Crippen molar-refractivity contribution in [2.24, 2.45) is 5.73 Å². The number of halogens is 2. The Hall–Kier alpha value is -1.32. The standard InChI is InChI=1S/C11H9Cl2N3/c1-5-2-9(11(14)15)16-10-7(5)3-6(12)4-8(10)13/h2-4H,1H3,(H3,14,15). The Morgan fingerprint density at radius 2 is 2.00 bits per heavy atom. The second-order valence-electron chi connectivity index (χ2n) is 3.52. The van der Waals surface area contributed by atoms with Gasteiger partial charge in [0.05, 0.1) is 10.5 Å². The lowest BCUT2D eigenvalue weighted by Crippen LogP contribution is -2.13. The van der Waals surface area contributed by atoms with Gasteiger partial charge in [-0.15, -0.1) is 0 Å². The van der Waals surface area contributed by atoms with Crippen molar-refractivity contribution in [3.05, 3.63) is 39.5 Å². The zero-order valence-electron chi connectivity index (χ0n) is 8.51. The minimum Gasteiger partial charge on any atom is -0.382 e. The molecule has 0 unspecified atom stereocenters. The normalized spacial score (nSPS) is 10.7. The fourth-order valence-corrected chi connectivity index (χ4v) is 2.09. The Morgan fingerprint density at radius 3 is 2.62 bits per heavy atom. The third kappa shape index (κ3) is 1.84. The third-order valence-electron chi connectivity index (χ3n) is 2.31. The molecule has 0 saturated heterocycles. The smallest absolute Gasteiger partial charge is 0.141 e. The van der Waals surface area contributed by atoms with Crippen molar-refractivity contribution in [2.75, 3.05) is 0 Å². The number of aromatic nitrogens is 1. The molecule has 0 aliphatic carbocycles. The predicted octanol–water partition coefficient (Wildman–Crippen LogP) is 3.13. The maximum Gasteiger partial charge on any atom is 0.141 e. The number of hydrogen-bond acceptors (Lipinski definition) is 2. The van der Waals surface area contributed by atoms with Gasteiger partial charge >= 0.3 is 0 Å². The summed E-state index contributed by atoms with van der Waals surface area (Å²) < 4.78 is 0. The molecular weight excluding hydrogens is 245 g/mol. The number of aryl methyl sites for hydroxylation is 1. The largest absolute Gasteiger partial charge is 0.382 e. The summed E-state index contributed by atoms with van der Waals surface area (Å²) in [5, 5.41) is 9.28. The van der Waals surface area contributed by atoms with Gasteiger partial charge in [-0.25, -0.2) is 4.98 Å². The maximum absolute atomic E-state index is 7.37. The third-order valence-corrected chi connectivity index (χ3v) is 2.82. The van der Waals surface area contributed by atoms with Crippen LogP contribution < -0.4 is 5.73 Å². The monoisotopic (exact) mass is 253 g/mol. The Labute approximate surface area is 103 Å². The van der Waals surface area contributed by atoms with E-state index in [0.29, 0.717) is 21.3 Å². The van der Waals surface area contributed by atoms with E-state index in [1.807, 2.05) is 6.92 Å². The van der Waals surface area contributed by atoms with Crippen molar-refractivity contribution >= 4 is 39.9 Å². The molecule has 0 aliphatic rings. The van der Waals surface area contributed by atoms with Gasteiger partial charge in [-0.3, -0.25) is 5.41 Å². The van der Waals surface area contributed by atoms with Crippen LogP contribution in [0.3, 0.4) is 0 Å². The van der Waals surface area contributed by atoms with Crippen LogP contribution in [-0.2, 0) is 0 Å². The zero-order valence-corrected chi connectivity index (χ0v) is 10.0. The number of benzene rings is 1. The highest BCUT2D eigenvalue weighted by atomic mass is 35.5. The van der Waals surface area contributed by atoms with Crippen molar-refractivity contribution in [1.82, 2.24) is 4.98 Å². The minimum absolute atomic E-state index is 0.0731. The van der Waals surface area contributed by atoms with Gasteiger partial charge in [0.15, 0.2) is 0 Å². The first kappa shape index (κ1) is 11.2. The summed E-state index contributed by atoms with van der Waals surface area (Å²) in [5.41, 5.74) is 7.40. The van der Waals surface area contributed by atoms with Gasteiger partial charge in [-0.05, 0) is 30.7 Å². The summed E-state index contributed by atoms with van der Waals surface area (Å²) in [6.07, 6.45) is 0. The number of nitrogens with two attached hydrogens (primary N) is 1. The van der Waals surface area contributed by atoms with Gasteiger partial charge in [0.25, 0.3) is 0 Å². The molecule has 1 heterocycles. The lowest BCUT2D eigenvalue weighted by Gasteiger charge is -2.07. The summed E-state index contributed by atoms with van der Waals surface area (Å²) in [5.74, 6) is -0.0731. The Morgan fingerprint density at radius 1 is 1.31 bits per heavy atom. The van der Waals surface area contributed by atoms with E-state index in [4.69, 9.17) is 34.3 Å². The van der Waals surface area contributed by atoms with Gasteiger partial charge in [0.2, 0.25) is 0 Å². The van der Waals surface area contributed by atoms with Crippen LogP contribution >= 0.6 is 23.2 Å². The number of hydrogen-bond donors (Lipinski definition) is 2. The molecule has 0 bridgehead atoms. The average molecular weight is 254 g/mol. The number of nitrogens with one attached hydrogen (secondary N) is 1. The van der Waals surface area contributed by atoms with E-state index in [1.54, 1.807) is 18.2 Å². The van der Waals surface area contributed by atoms with E-state index in [-0.39, 0.29) is 5.84 Å². The highest BCUT2D eigenvalue weighted by molar-refractivity contribution is 6.38. The average Bonchev–Trinajstić information content (AvgIpc) is 2.19. The Balaban J connectivity index is 2.87. The Kier molecular flexibility index (Phi) is 2.74. The molecule has 3 N–H and O–H groups in total.